The highest BCUT2D eigenvalue weighted by molar-refractivity contribution is 6.02. The highest BCUT2D eigenvalue weighted by Gasteiger charge is 2.74. The summed E-state index contributed by atoms with van der Waals surface area (Å²) in [7, 11) is 1.48. The summed E-state index contributed by atoms with van der Waals surface area (Å²) in [5.41, 5.74) is -5.00. The third-order valence-corrected chi connectivity index (χ3v) is 11.4. The van der Waals surface area contributed by atoms with Crippen LogP contribution in [0, 0.1) is 39.4 Å². The van der Waals surface area contributed by atoms with E-state index in [0.717, 1.165) is 5.57 Å². The summed E-state index contributed by atoms with van der Waals surface area (Å²) >= 11 is 0. The zero-order valence-corrected chi connectivity index (χ0v) is 24.5. The minimum absolute atomic E-state index is 0.0220. The van der Waals surface area contributed by atoms with Gasteiger partial charge in [0.1, 0.15) is 11.4 Å². The van der Waals surface area contributed by atoms with Crippen LogP contribution in [0.15, 0.2) is 23.5 Å². The van der Waals surface area contributed by atoms with Crippen LogP contribution >= 0.6 is 0 Å². The summed E-state index contributed by atoms with van der Waals surface area (Å²) in [5, 5.41) is 33.3. The van der Waals surface area contributed by atoms with E-state index in [-0.39, 0.29) is 48.4 Å². The molecule has 7 nitrogen and oxygen atoms in total. The average molecular weight is 531 g/mol. The number of Topliss-reactive ketones (excluding diaryl/α,β-unsaturated/α-hetero) is 3. The highest BCUT2D eigenvalue weighted by Crippen LogP contribution is 2.73. The Labute approximate surface area is 226 Å². The molecule has 4 aliphatic rings. The van der Waals surface area contributed by atoms with Crippen molar-refractivity contribution < 1.29 is 34.4 Å². The summed E-state index contributed by atoms with van der Waals surface area (Å²) in [6.45, 7) is 14.5. The van der Waals surface area contributed by atoms with Gasteiger partial charge in [0, 0.05) is 30.1 Å². The van der Waals surface area contributed by atoms with Crippen LogP contribution < -0.4 is 0 Å². The van der Waals surface area contributed by atoms with Crippen LogP contribution in [0.25, 0.3) is 0 Å². The van der Waals surface area contributed by atoms with Crippen molar-refractivity contribution in [1.29, 1.82) is 0 Å². The Balaban J connectivity index is 1.79. The molecule has 38 heavy (non-hydrogen) atoms. The lowest BCUT2D eigenvalue weighted by molar-refractivity contribution is -0.181. The molecule has 0 heterocycles. The normalized spacial score (nSPS) is 41.8. The van der Waals surface area contributed by atoms with E-state index in [4.69, 9.17) is 4.74 Å². The Morgan fingerprint density at radius 3 is 2.24 bits per heavy atom. The van der Waals surface area contributed by atoms with Gasteiger partial charge in [-0.3, -0.25) is 14.4 Å². The first-order valence-corrected chi connectivity index (χ1v) is 13.9. The minimum atomic E-state index is -1.86. The summed E-state index contributed by atoms with van der Waals surface area (Å²) in [5.74, 6) is -1.55. The standard InChI is InChI=1S/C31H46O7/c1-26(2,36)13-12-22(33)31(8,37)24-19(32)15-28(5)21-11-10-17-18(14-20(38-9)25(35)27(17,3)4)30(21,7)23(34)16-29(24,28)6/h10,14,18-19,21,24,32,36-37H,11-13,15-16H2,1-9H3/t18-,19-,21+,24+,28+,29-,30+,31+/m1/s1. The quantitative estimate of drug-likeness (QED) is 0.445. The van der Waals surface area contributed by atoms with E-state index in [9.17, 15) is 29.7 Å². The second-order valence-electron chi connectivity index (χ2n) is 14.5. The van der Waals surface area contributed by atoms with Crippen LogP contribution in [0.5, 0.6) is 0 Å². The number of ketones is 3. The fraction of sp³-hybridized carbons (Fsp3) is 0.774. The van der Waals surface area contributed by atoms with Crippen LogP contribution in [0.4, 0.5) is 0 Å². The van der Waals surface area contributed by atoms with Crippen LogP contribution in [-0.4, -0.2) is 57.1 Å². The molecular weight excluding hydrogens is 484 g/mol. The molecule has 2 saturated carbocycles. The summed E-state index contributed by atoms with van der Waals surface area (Å²) in [4.78, 5) is 40.8. The summed E-state index contributed by atoms with van der Waals surface area (Å²) in [6.07, 6.45) is 4.16. The molecule has 4 rings (SSSR count). The molecule has 0 radical (unpaired) electrons. The first-order valence-electron chi connectivity index (χ1n) is 13.9. The smallest absolute Gasteiger partial charge is 0.206 e. The van der Waals surface area contributed by atoms with Gasteiger partial charge < -0.3 is 20.1 Å². The largest absolute Gasteiger partial charge is 0.493 e. The lowest BCUT2D eigenvalue weighted by Gasteiger charge is -2.63. The molecule has 0 bridgehead atoms. The van der Waals surface area contributed by atoms with Crippen LogP contribution in [0.2, 0.25) is 0 Å². The molecule has 212 valence electrons. The van der Waals surface area contributed by atoms with Crippen molar-refractivity contribution in [2.75, 3.05) is 7.11 Å². The predicted octanol–water partition coefficient (Wildman–Crippen LogP) is 3.93. The van der Waals surface area contributed by atoms with Gasteiger partial charge in [0.05, 0.1) is 24.2 Å². The van der Waals surface area contributed by atoms with Crippen LogP contribution in [0.1, 0.15) is 87.5 Å². The first-order chi connectivity index (χ1) is 17.2. The van der Waals surface area contributed by atoms with Gasteiger partial charge in [0.15, 0.2) is 11.5 Å². The lowest BCUT2D eigenvalue weighted by atomic mass is 9.39. The molecule has 0 aromatic carbocycles. The molecule has 0 unspecified atom stereocenters. The van der Waals surface area contributed by atoms with Gasteiger partial charge in [-0.1, -0.05) is 32.4 Å². The number of aliphatic hydroxyl groups excluding tert-OH is 1. The lowest BCUT2D eigenvalue weighted by Crippen LogP contribution is -2.64. The van der Waals surface area contributed by atoms with E-state index in [1.807, 2.05) is 33.8 Å². The topological polar surface area (TPSA) is 121 Å². The molecule has 0 aromatic heterocycles. The second-order valence-corrected chi connectivity index (χ2v) is 14.5. The molecule has 2 fully saturated rings. The van der Waals surface area contributed by atoms with E-state index in [1.54, 1.807) is 13.8 Å². The van der Waals surface area contributed by atoms with Gasteiger partial charge in [-0.15, -0.1) is 0 Å². The maximum absolute atomic E-state index is 14.3. The summed E-state index contributed by atoms with van der Waals surface area (Å²) < 4.78 is 5.48. The van der Waals surface area contributed by atoms with Gasteiger partial charge in [-0.25, -0.2) is 0 Å². The number of aliphatic hydroxyl groups is 3. The molecular formula is C31H46O7. The summed E-state index contributed by atoms with van der Waals surface area (Å²) in [6, 6.07) is 0. The Hall–Kier alpha value is -1.83. The van der Waals surface area contributed by atoms with Crippen molar-refractivity contribution in [3.8, 4) is 0 Å². The molecule has 0 aliphatic heterocycles. The highest BCUT2D eigenvalue weighted by atomic mass is 16.5. The molecule has 3 N–H and O–H groups in total. The van der Waals surface area contributed by atoms with Crippen molar-refractivity contribution in [1.82, 2.24) is 0 Å². The number of allylic oxidation sites excluding steroid dienone is 4. The Bertz CT molecular complexity index is 1120. The molecule has 0 spiro atoms. The van der Waals surface area contributed by atoms with E-state index in [0.29, 0.717) is 12.8 Å². The molecule has 7 heteroatoms. The predicted molar refractivity (Wildman–Crippen MR) is 143 cm³/mol. The molecule has 0 aromatic rings. The molecule has 0 saturated heterocycles. The number of ether oxygens (including phenoxy) is 1. The number of fused-ring (bicyclic) bond motifs is 5. The zero-order chi connectivity index (χ0) is 28.9. The second kappa shape index (κ2) is 8.58. The van der Waals surface area contributed by atoms with Gasteiger partial charge in [-0.2, -0.15) is 0 Å². The van der Waals surface area contributed by atoms with Crippen molar-refractivity contribution in [3.63, 3.8) is 0 Å². The van der Waals surface area contributed by atoms with Crippen molar-refractivity contribution >= 4 is 17.3 Å². The van der Waals surface area contributed by atoms with E-state index in [2.05, 4.69) is 13.0 Å². The van der Waals surface area contributed by atoms with Gasteiger partial charge in [0.2, 0.25) is 5.78 Å². The number of carbonyl (C=O) groups is 3. The Morgan fingerprint density at radius 1 is 1.08 bits per heavy atom. The maximum atomic E-state index is 14.3. The molecule has 0 amide bonds. The SMILES string of the molecule is COC1=C[C@@H]2C(=CC[C@@H]3[C@@]2(C)C(=O)C[C@]2(C)[C@@H]([C@@](C)(O)C(=O)CCC(C)(C)O)[C@H](O)C[C@@]32C)C(C)(C)C1=O. The van der Waals surface area contributed by atoms with Crippen LogP contribution in [0.3, 0.4) is 0 Å². The average Bonchev–Trinajstić information content (AvgIpc) is 2.99. The molecule has 4 aliphatic carbocycles. The Kier molecular flexibility index (Phi) is 6.59. The van der Waals surface area contributed by atoms with E-state index in [1.165, 1.54) is 14.0 Å². The fourth-order valence-corrected chi connectivity index (χ4v) is 8.96. The van der Waals surface area contributed by atoms with Crippen molar-refractivity contribution in [2.24, 2.45) is 39.4 Å². The third kappa shape index (κ3) is 3.75. The minimum Gasteiger partial charge on any atom is -0.493 e. The van der Waals surface area contributed by atoms with Gasteiger partial charge in [-0.05, 0) is 76.7 Å². The van der Waals surface area contributed by atoms with E-state index < -0.39 is 50.7 Å². The first kappa shape index (κ1) is 29.2. The van der Waals surface area contributed by atoms with Gasteiger partial charge >= 0.3 is 0 Å². The van der Waals surface area contributed by atoms with Gasteiger partial charge in [0.25, 0.3) is 0 Å². The van der Waals surface area contributed by atoms with Crippen molar-refractivity contribution in [3.05, 3.63) is 23.5 Å². The zero-order valence-electron chi connectivity index (χ0n) is 24.5. The number of carbonyl (C=O) groups excluding carboxylic acids is 3. The number of methoxy groups -OCH3 is 1. The van der Waals surface area contributed by atoms with E-state index >= 15 is 0 Å². The number of hydrogen-bond acceptors (Lipinski definition) is 7. The monoisotopic (exact) mass is 530 g/mol. The molecule has 8 atom stereocenters. The van der Waals surface area contributed by atoms with Crippen molar-refractivity contribution in [2.45, 2.75) is 105 Å². The third-order valence-electron chi connectivity index (χ3n) is 11.4. The fourth-order valence-electron chi connectivity index (χ4n) is 8.96. The maximum Gasteiger partial charge on any atom is 0.206 e. The van der Waals surface area contributed by atoms with Crippen LogP contribution in [-0.2, 0) is 19.1 Å². The Morgan fingerprint density at radius 2 is 1.68 bits per heavy atom. The number of rotatable bonds is 6. The number of hydrogen-bond donors (Lipinski definition) is 3.